The maximum Gasteiger partial charge on any atom is 0.329 e. The van der Waals surface area contributed by atoms with Crippen LogP contribution < -0.4 is 0 Å². The molecule has 0 aromatic rings. The summed E-state index contributed by atoms with van der Waals surface area (Å²) in [5, 5.41) is 9.09. The van der Waals surface area contributed by atoms with Crippen LogP contribution in [0.4, 0.5) is 0 Å². The molecule has 0 aromatic heterocycles. The van der Waals surface area contributed by atoms with Crippen LogP contribution in [0.2, 0.25) is 0 Å². The number of carboxylic acids is 1. The van der Waals surface area contributed by atoms with E-state index in [1.54, 1.807) is 7.05 Å². The van der Waals surface area contributed by atoms with Crippen molar-refractivity contribution in [3.8, 4) is 0 Å². The Morgan fingerprint density at radius 1 is 1.09 bits per heavy atom. The molecule has 0 aliphatic heterocycles. The Hall–Kier alpha value is -2.18. The van der Waals surface area contributed by atoms with E-state index in [0.717, 1.165) is 18.9 Å². The number of carbonyl (C=O) groups is 4. The fourth-order valence-corrected chi connectivity index (χ4v) is 1.78. The van der Waals surface area contributed by atoms with Gasteiger partial charge < -0.3 is 14.9 Å². The first-order valence-electron chi connectivity index (χ1n) is 7.51. The van der Waals surface area contributed by atoms with Gasteiger partial charge in [0, 0.05) is 33.1 Å². The van der Waals surface area contributed by atoms with Gasteiger partial charge in [-0.15, -0.1) is 0 Å². The second kappa shape index (κ2) is 9.76. The van der Waals surface area contributed by atoms with Crippen molar-refractivity contribution in [2.75, 3.05) is 20.6 Å². The van der Waals surface area contributed by atoms with Crippen LogP contribution in [-0.2, 0) is 19.2 Å². The van der Waals surface area contributed by atoms with Crippen molar-refractivity contribution in [1.29, 1.82) is 0 Å². The first-order valence-corrected chi connectivity index (χ1v) is 7.51. The van der Waals surface area contributed by atoms with Crippen molar-refractivity contribution in [1.82, 2.24) is 9.80 Å². The van der Waals surface area contributed by atoms with Crippen molar-refractivity contribution in [3.63, 3.8) is 0 Å². The predicted molar refractivity (Wildman–Crippen MR) is 85.8 cm³/mol. The molecule has 0 rings (SSSR count). The predicted octanol–water partition coefficient (Wildman–Crippen LogP) is 1.08. The highest BCUT2D eigenvalue weighted by Crippen LogP contribution is 2.15. The monoisotopic (exact) mass is 326 g/mol. The molecule has 0 aliphatic rings. The third-order valence-corrected chi connectivity index (χ3v) is 3.81. The molecule has 0 saturated carbocycles. The highest BCUT2D eigenvalue weighted by molar-refractivity contribution is 5.90. The molecular weight excluding hydrogens is 300 g/mol. The molecule has 1 N–H and O–H groups in total. The molecular formula is C16H26N2O5. The maximum atomic E-state index is 12.0. The minimum atomic E-state index is -1.23. The molecule has 0 unspecified atom stereocenters. The lowest BCUT2D eigenvalue weighted by atomic mass is 10.0. The summed E-state index contributed by atoms with van der Waals surface area (Å²) in [7, 11) is 3.13. The van der Waals surface area contributed by atoms with Crippen LogP contribution in [-0.4, -0.2) is 65.2 Å². The van der Waals surface area contributed by atoms with E-state index in [1.807, 2.05) is 0 Å². The van der Waals surface area contributed by atoms with E-state index in [1.165, 1.54) is 36.8 Å². The Morgan fingerprint density at radius 3 is 2.22 bits per heavy atom. The summed E-state index contributed by atoms with van der Waals surface area (Å²) in [6, 6.07) is 0. The Bertz CT molecular complexity index is 471. The normalized spacial score (nSPS) is 11.3. The zero-order valence-electron chi connectivity index (χ0n) is 14.2. The topological polar surface area (TPSA) is 95.0 Å². The number of amides is 2. The summed E-state index contributed by atoms with van der Waals surface area (Å²) in [5.74, 6) is -1.50. The first kappa shape index (κ1) is 20.8. The molecule has 0 atom stereocenters. The second-order valence-corrected chi connectivity index (χ2v) is 5.88. The summed E-state index contributed by atoms with van der Waals surface area (Å²) in [6.45, 7) is 3.51. The van der Waals surface area contributed by atoms with Gasteiger partial charge in [-0.1, -0.05) is 6.42 Å². The van der Waals surface area contributed by atoms with Gasteiger partial charge in [0.1, 0.15) is 11.8 Å². The summed E-state index contributed by atoms with van der Waals surface area (Å²) in [4.78, 5) is 47.5. The Labute approximate surface area is 136 Å². The molecule has 130 valence electrons. The van der Waals surface area contributed by atoms with Gasteiger partial charge in [0.05, 0.1) is 0 Å². The average molecular weight is 326 g/mol. The van der Waals surface area contributed by atoms with Crippen molar-refractivity contribution in [2.45, 2.75) is 45.1 Å². The van der Waals surface area contributed by atoms with Crippen LogP contribution in [0.15, 0.2) is 12.2 Å². The van der Waals surface area contributed by atoms with Crippen LogP contribution in [0.25, 0.3) is 0 Å². The smallest absolute Gasteiger partial charge is 0.329 e. The molecule has 7 heteroatoms. The number of likely N-dealkylation sites (N-methyl/N-ethyl adjacent to an activating group) is 2. The summed E-state index contributed by atoms with van der Waals surface area (Å²) < 4.78 is 0. The van der Waals surface area contributed by atoms with Gasteiger partial charge in [-0.25, -0.2) is 4.79 Å². The Kier molecular flexibility index (Phi) is 8.83. The molecule has 23 heavy (non-hydrogen) atoms. The SMILES string of the molecule is CN(CCCCCC(=O)N(C)C(C)(C)C(=O)O)C(=O)/C=C\C=O. The van der Waals surface area contributed by atoms with Crippen molar-refractivity contribution in [2.24, 2.45) is 0 Å². The lowest BCUT2D eigenvalue weighted by Crippen LogP contribution is -2.50. The molecule has 2 amide bonds. The molecule has 0 aromatic carbocycles. The van der Waals surface area contributed by atoms with Gasteiger partial charge in [-0.2, -0.15) is 0 Å². The van der Waals surface area contributed by atoms with E-state index in [9.17, 15) is 19.2 Å². The van der Waals surface area contributed by atoms with Gasteiger partial charge in [0.2, 0.25) is 11.8 Å². The number of aliphatic carboxylic acids is 1. The van der Waals surface area contributed by atoms with E-state index >= 15 is 0 Å². The lowest BCUT2D eigenvalue weighted by Gasteiger charge is -2.31. The summed E-state index contributed by atoms with van der Waals surface area (Å²) in [5.41, 5.74) is -1.23. The number of rotatable bonds is 10. The van der Waals surface area contributed by atoms with Crippen molar-refractivity contribution >= 4 is 24.1 Å². The fourth-order valence-electron chi connectivity index (χ4n) is 1.78. The van der Waals surface area contributed by atoms with E-state index < -0.39 is 11.5 Å². The number of hydrogen-bond acceptors (Lipinski definition) is 4. The Morgan fingerprint density at radius 2 is 1.70 bits per heavy atom. The van der Waals surface area contributed by atoms with Gasteiger partial charge in [0.25, 0.3) is 0 Å². The van der Waals surface area contributed by atoms with Crippen LogP contribution in [0.1, 0.15) is 39.5 Å². The third-order valence-electron chi connectivity index (χ3n) is 3.81. The van der Waals surface area contributed by atoms with Crippen LogP contribution in [0.5, 0.6) is 0 Å². The van der Waals surface area contributed by atoms with Crippen LogP contribution in [0, 0.1) is 0 Å². The fraction of sp³-hybridized carbons (Fsp3) is 0.625. The number of allylic oxidation sites excluding steroid dienone is 1. The van der Waals surface area contributed by atoms with Gasteiger partial charge in [-0.05, 0) is 32.8 Å². The standard InChI is InChI=1S/C16H26N2O5/c1-16(2,15(22)23)18(4)14(21)9-6-5-7-11-17(3)13(20)10-8-12-19/h8,10,12H,5-7,9,11H2,1-4H3,(H,22,23)/b10-8-. The average Bonchev–Trinajstić information content (AvgIpc) is 2.50. The molecule has 0 radical (unpaired) electrons. The summed E-state index contributed by atoms with van der Waals surface area (Å²) >= 11 is 0. The van der Waals surface area contributed by atoms with Crippen molar-refractivity contribution in [3.05, 3.63) is 12.2 Å². The van der Waals surface area contributed by atoms with E-state index in [4.69, 9.17) is 5.11 Å². The minimum Gasteiger partial charge on any atom is -0.480 e. The molecule has 0 fully saturated rings. The number of hydrogen-bond donors (Lipinski definition) is 1. The summed E-state index contributed by atoms with van der Waals surface area (Å²) in [6.07, 6.45) is 5.29. The molecule has 0 bridgehead atoms. The Balaban J connectivity index is 4.07. The second-order valence-electron chi connectivity index (χ2n) is 5.88. The molecule has 7 nitrogen and oxygen atoms in total. The highest BCUT2D eigenvalue weighted by atomic mass is 16.4. The molecule has 0 spiro atoms. The van der Waals surface area contributed by atoms with Crippen LogP contribution >= 0.6 is 0 Å². The molecule has 0 aliphatic carbocycles. The third kappa shape index (κ3) is 7.08. The maximum absolute atomic E-state index is 12.0. The van der Waals surface area contributed by atoms with Crippen LogP contribution in [0.3, 0.4) is 0 Å². The number of carboxylic acid groups (broad SMARTS) is 1. The number of nitrogens with zero attached hydrogens (tertiary/aromatic N) is 2. The van der Waals surface area contributed by atoms with E-state index in [-0.39, 0.29) is 18.2 Å². The number of aldehydes is 1. The van der Waals surface area contributed by atoms with Gasteiger partial charge in [0.15, 0.2) is 0 Å². The largest absolute Gasteiger partial charge is 0.480 e. The van der Waals surface area contributed by atoms with Gasteiger partial charge in [-0.3, -0.25) is 14.4 Å². The lowest BCUT2D eigenvalue weighted by molar-refractivity contribution is -0.155. The van der Waals surface area contributed by atoms with E-state index in [2.05, 4.69) is 0 Å². The highest BCUT2D eigenvalue weighted by Gasteiger charge is 2.34. The zero-order chi connectivity index (χ0) is 18.0. The minimum absolute atomic E-state index is 0.212. The quantitative estimate of drug-likeness (QED) is 0.368. The van der Waals surface area contributed by atoms with E-state index in [0.29, 0.717) is 19.3 Å². The zero-order valence-corrected chi connectivity index (χ0v) is 14.2. The number of carbonyl (C=O) groups excluding carboxylic acids is 3. The van der Waals surface area contributed by atoms with Crippen molar-refractivity contribution < 1.29 is 24.3 Å². The molecule has 0 saturated heterocycles. The first-order chi connectivity index (χ1) is 10.6. The number of unbranched alkanes of at least 4 members (excludes halogenated alkanes) is 2. The van der Waals surface area contributed by atoms with Gasteiger partial charge >= 0.3 is 5.97 Å². The molecule has 0 heterocycles.